The van der Waals surface area contributed by atoms with Crippen molar-refractivity contribution in [1.29, 1.82) is 0 Å². The van der Waals surface area contributed by atoms with Crippen molar-refractivity contribution in [2.24, 2.45) is 0 Å². The van der Waals surface area contributed by atoms with Crippen LogP contribution in [0.2, 0.25) is 0 Å². The Balaban J connectivity index is 1.47. The van der Waals surface area contributed by atoms with E-state index in [2.05, 4.69) is 10.3 Å². The third kappa shape index (κ3) is 4.29. The summed E-state index contributed by atoms with van der Waals surface area (Å²) in [5, 5.41) is 3.24. The number of amides is 1. The zero-order chi connectivity index (χ0) is 19.2. The normalized spacial score (nSPS) is 13.8. The minimum Gasteiger partial charge on any atom is -0.457 e. The second kappa shape index (κ2) is 8.54. The third-order valence-electron chi connectivity index (χ3n) is 4.43. The summed E-state index contributed by atoms with van der Waals surface area (Å²) in [4.78, 5) is 19.0. The molecule has 0 atom stereocenters. The number of pyridine rings is 1. The number of morpholine rings is 1. The molecule has 0 radical (unpaired) electrons. The number of carbonyl (C=O) groups excluding carboxylic acids is 1. The SMILES string of the molecule is O=C(c1cccnc1Nc1ccc(Oc2ccccc2)cc1)N1CCOCC1. The predicted molar refractivity (Wildman–Crippen MR) is 107 cm³/mol. The number of hydrogen-bond donors (Lipinski definition) is 1. The number of carbonyl (C=O) groups is 1. The van der Waals surface area contributed by atoms with E-state index in [4.69, 9.17) is 9.47 Å². The van der Waals surface area contributed by atoms with E-state index in [9.17, 15) is 4.79 Å². The molecule has 6 nitrogen and oxygen atoms in total. The minimum atomic E-state index is -0.0390. The minimum absolute atomic E-state index is 0.0390. The fourth-order valence-electron chi connectivity index (χ4n) is 2.98. The highest BCUT2D eigenvalue weighted by molar-refractivity contribution is 5.99. The van der Waals surface area contributed by atoms with Crippen molar-refractivity contribution in [2.75, 3.05) is 31.6 Å². The standard InChI is InChI=1S/C22H21N3O3/c26-22(25-13-15-27-16-14-25)20-7-4-12-23-21(20)24-17-8-10-19(11-9-17)28-18-5-2-1-3-6-18/h1-12H,13-16H2,(H,23,24). The second-order valence-corrected chi connectivity index (χ2v) is 6.37. The van der Waals surface area contributed by atoms with Crippen molar-refractivity contribution in [3.63, 3.8) is 0 Å². The first kappa shape index (κ1) is 18.0. The molecule has 1 saturated heterocycles. The van der Waals surface area contributed by atoms with Crippen LogP contribution in [0.1, 0.15) is 10.4 Å². The Morgan fingerprint density at radius 1 is 0.929 bits per heavy atom. The van der Waals surface area contributed by atoms with Gasteiger partial charge in [-0.3, -0.25) is 4.79 Å². The zero-order valence-corrected chi connectivity index (χ0v) is 15.4. The summed E-state index contributed by atoms with van der Waals surface area (Å²) in [7, 11) is 0. The lowest BCUT2D eigenvalue weighted by atomic mass is 10.2. The molecule has 1 N–H and O–H groups in total. The summed E-state index contributed by atoms with van der Waals surface area (Å²) in [6.07, 6.45) is 1.67. The van der Waals surface area contributed by atoms with Crippen LogP contribution in [-0.2, 0) is 4.74 Å². The highest BCUT2D eigenvalue weighted by Gasteiger charge is 2.21. The highest BCUT2D eigenvalue weighted by Crippen LogP contribution is 2.25. The highest BCUT2D eigenvalue weighted by atomic mass is 16.5. The number of aromatic nitrogens is 1. The van der Waals surface area contributed by atoms with Gasteiger partial charge in [0.15, 0.2) is 0 Å². The molecule has 0 bridgehead atoms. The van der Waals surface area contributed by atoms with Crippen molar-refractivity contribution in [3.05, 3.63) is 78.5 Å². The van der Waals surface area contributed by atoms with E-state index in [-0.39, 0.29) is 5.91 Å². The van der Waals surface area contributed by atoms with Gasteiger partial charge in [-0.2, -0.15) is 0 Å². The maximum Gasteiger partial charge on any atom is 0.257 e. The zero-order valence-electron chi connectivity index (χ0n) is 15.4. The van der Waals surface area contributed by atoms with Crippen LogP contribution < -0.4 is 10.1 Å². The van der Waals surface area contributed by atoms with Crippen LogP contribution in [0, 0.1) is 0 Å². The van der Waals surface area contributed by atoms with Gasteiger partial charge in [-0.15, -0.1) is 0 Å². The largest absolute Gasteiger partial charge is 0.457 e. The van der Waals surface area contributed by atoms with Gasteiger partial charge in [-0.25, -0.2) is 4.98 Å². The van der Waals surface area contributed by atoms with Crippen LogP contribution in [0.15, 0.2) is 72.9 Å². The lowest BCUT2D eigenvalue weighted by Crippen LogP contribution is -2.40. The number of benzene rings is 2. The average Bonchev–Trinajstić information content (AvgIpc) is 2.76. The molecule has 0 spiro atoms. The molecule has 0 unspecified atom stereocenters. The third-order valence-corrected chi connectivity index (χ3v) is 4.43. The van der Waals surface area contributed by atoms with Crippen molar-refractivity contribution >= 4 is 17.4 Å². The van der Waals surface area contributed by atoms with Crippen LogP contribution in [-0.4, -0.2) is 42.1 Å². The lowest BCUT2D eigenvalue weighted by molar-refractivity contribution is 0.0303. The van der Waals surface area contributed by atoms with Gasteiger partial charge in [-0.05, 0) is 48.5 Å². The first-order valence-electron chi connectivity index (χ1n) is 9.21. The molecule has 1 aliphatic heterocycles. The van der Waals surface area contributed by atoms with E-state index in [1.54, 1.807) is 23.2 Å². The van der Waals surface area contributed by atoms with Crippen molar-refractivity contribution in [1.82, 2.24) is 9.88 Å². The van der Waals surface area contributed by atoms with Crippen molar-refractivity contribution in [3.8, 4) is 11.5 Å². The number of rotatable bonds is 5. The van der Waals surface area contributed by atoms with Gasteiger partial charge < -0.3 is 19.7 Å². The fourth-order valence-corrected chi connectivity index (χ4v) is 2.98. The molecule has 28 heavy (non-hydrogen) atoms. The Hall–Kier alpha value is -3.38. The number of ether oxygens (including phenoxy) is 2. The molecule has 2 aromatic carbocycles. The molecule has 6 heteroatoms. The molecule has 142 valence electrons. The summed E-state index contributed by atoms with van der Waals surface area (Å²) < 4.78 is 11.1. The summed E-state index contributed by atoms with van der Waals surface area (Å²) in [5.41, 5.74) is 1.38. The number of para-hydroxylation sites is 1. The van der Waals surface area contributed by atoms with Gasteiger partial charge in [0.2, 0.25) is 0 Å². The Bertz CT molecular complexity index is 923. The van der Waals surface area contributed by atoms with E-state index in [1.807, 2.05) is 54.6 Å². The molecule has 0 saturated carbocycles. The van der Waals surface area contributed by atoms with E-state index >= 15 is 0 Å². The molecule has 1 aromatic heterocycles. The molecule has 4 rings (SSSR count). The van der Waals surface area contributed by atoms with E-state index in [1.165, 1.54) is 0 Å². The van der Waals surface area contributed by atoms with Gasteiger partial charge in [0.1, 0.15) is 17.3 Å². The average molecular weight is 375 g/mol. The quantitative estimate of drug-likeness (QED) is 0.728. The fraction of sp³-hybridized carbons (Fsp3) is 0.182. The molecule has 1 amide bonds. The molecular weight excluding hydrogens is 354 g/mol. The number of anilines is 2. The van der Waals surface area contributed by atoms with Crippen molar-refractivity contribution < 1.29 is 14.3 Å². The molecule has 0 aliphatic carbocycles. The molecule has 3 aromatic rings. The van der Waals surface area contributed by atoms with E-state index in [0.29, 0.717) is 37.7 Å². The van der Waals surface area contributed by atoms with Gasteiger partial charge in [0, 0.05) is 25.0 Å². The second-order valence-electron chi connectivity index (χ2n) is 6.37. The maximum atomic E-state index is 12.8. The number of hydrogen-bond acceptors (Lipinski definition) is 5. The first-order valence-corrected chi connectivity index (χ1v) is 9.21. The summed E-state index contributed by atoms with van der Waals surface area (Å²) in [5.74, 6) is 2.02. The van der Waals surface area contributed by atoms with Crippen LogP contribution in [0.25, 0.3) is 0 Å². The summed E-state index contributed by atoms with van der Waals surface area (Å²) >= 11 is 0. The summed E-state index contributed by atoms with van der Waals surface area (Å²) in [6, 6.07) is 20.7. The smallest absolute Gasteiger partial charge is 0.257 e. The van der Waals surface area contributed by atoms with Crippen LogP contribution in [0.5, 0.6) is 11.5 Å². The Morgan fingerprint density at radius 3 is 2.39 bits per heavy atom. The lowest BCUT2D eigenvalue weighted by Gasteiger charge is -2.27. The number of nitrogens with one attached hydrogen (secondary N) is 1. The number of nitrogens with zero attached hydrogens (tertiary/aromatic N) is 2. The first-order chi connectivity index (χ1) is 13.8. The van der Waals surface area contributed by atoms with Gasteiger partial charge in [0.25, 0.3) is 5.91 Å². The molecular formula is C22H21N3O3. The van der Waals surface area contributed by atoms with Crippen LogP contribution in [0.3, 0.4) is 0 Å². The molecule has 2 heterocycles. The van der Waals surface area contributed by atoms with E-state index in [0.717, 1.165) is 17.2 Å². The van der Waals surface area contributed by atoms with Gasteiger partial charge >= 0.3 is 0 Å². The monoisotopic (exact) mass is 375 g/mol. The van der Waals surface area contributed by atoms with Crippen LogP contribution in [0.4, 0.5) is 11.5 Å². The maximum absolute atomic E-state index is 12.8. The summed E-state index contributed by atoms with van der Waals surface area (Å²) in [6.45, 7) is 2.33. The molecule has 1 aliphatic rings. The molecule has 1 fully saturated rings. The van der Waals surface area contributed by atoms with Crippen molar-refractivity contribution in [2.45, 2.75) is 0 Å². The van der Waals surface area contributed by atoms with Crippen LogP contribution >= 0.6 is 0 Å². The van der Waals surface area contributed by atoms with E-state index < -0.39 is 0 Å². The Kier molecular flexibility index (Phi) is 5.49. The Morgan fingerprint density at radius 2 is 1.64 bits per heavy atom. The van der Waals surface area contributed by atoms with Gasteiger partial charge in [0.05, 0.1) is 18.8 Å². The van der Waals surface area contributed by atoms with Gasteiger partial charge in [-0.1, -0.05) is 18.2 Å². The predicted octanol–water partition coefficient (Wildman–Crippen LogP) is 4.09. The topological polar surface area (TPSA) is 63.7 Å². The Labute approximate surface area is 163 Å².